The number of unbranched alkanes of at least 4 members (excludes halogenated alkanes) is 1. The van der Waals surface area contributed by atoms with E-state index in [1.165, 1.54) is 0 Å². The van der Waals surface area contributed by atoms with Crippen molar-refractivity contribution in [2.24, 2.45) is 5.92 Å². The topological polar surface area (TPSA) is 38.3 Å². The second kappa shape index (κ2) is 9.08. The van der Waals surface area contributed by atoms with E-state index >= 15 is 0 Å². The van der Waals surface area contributed by atoms with Gasteiger partial charge in [-0.3, -0.25) is 4.21 Å². The summed E-state index contributed by atoms with van der Waals surface area (Å²) >= 11 is 5.20. The maximum atomic E-state index is 12.1. The Labute approximate surface area is 129 Å². The van der Waals surface area contributed by atoms with Gasteiger partial charge in [0, 0.05) is 23.1 Å². The molecule has 0 aliphatic heterocycles. The summed E-state index contributed by atoms with van der Waals surface area (Å²) in [7, 11) is 0.693. The smallest absolute Gasteiger partial charge is 0.118 e. The van der Waals surface area contributed by atoms with Crippen LogP contribution >= 0.6 is 12.2 Å². The highest BCUT2D eigenvalue weighted by Crippen LogP contribution is 2.14. The molecule has 0 aliphatic rings. The Morgan fingerprint density at radius 3 is 2.50 bits per heavy atom. The van der Waals surface area contributed by atoms with Gasteiger partial charge in [-0.1, -0.05) is 26.1 Å². The van der Waals surface area contributed by atoms with E-state index in [2.05, 4.69) is 19.2 Å². The Balaban J connectivity index is 2.24. The molecule has 1 aromatic rings. The monoisotopic (exact) mass is 313 g/mol. The van der Waals surface area contributed by atoms with Gasteiger partial charge in [0.05, 0.1) is 22.9 Å². The second-order valence-corrected chi connectivity index (χ2v) is 6.89. The molecule has 0 spiro atoms. The molecule has 1 unspecified atom stereocenters. The van der Waals surface area contributed by atoms with Crippen molar-refractivity contribution in [3.63, 3.8) is 0 Å². The molecule has 1 rings (SSSR count). The maximum Gasteiger partial charge on any atom is 0.118 e. The van der Waals surface area contributed by atoms with Crippen molar-refractivity contribution in [2.45, 2.75) is 31.6 Å². The zero-order valence-electron chi connectivity index (χ0n) is 12.3. The van der Waals surface area contributed by atoms with Gasteiger partial charge in [-0.25, -0.2) is 0 Å². The summed E-state index contributed by atoms with van der Waals surface area (Å²) in [5.74, 6) is 1.86. The van der Waals surface area contributed by atoms with Crippen molar-refractivity contribution in [1.82, 2.24) is 5.32 Å². The molecule has 1 N–H and O–H groups in total. The molecule has 0 radical (unpaired) electrons. The maximum absolute atomic E-state index is 12.1. The van der Waals surface area contributed by atoms with Crippen molar-refractivity contribution < 1.29 is 8.95 Å². The zero-order valence-corrected chi connectivity index (χ0v) is 14.0. The highest BCUT2D eigenvalue weighted by Gasteiger charge is 2.05. The number of rotatable bonds is 8. The number of benzene rings is 1. The third kappa shape index (κ3) is 6.01. The summed E-state index contributed by atoms with van der Waals surface area (Å²) in [6.45, 7) is 5.01. The molecule has 0 aromatic heterocycles. The molecule has 1 atom stereocenters. The second-order valence-electron chi connectivity index (χ2n) is 4.88. The van der Waals surface area contributed by atoms with E-state index in [9.17, 15) is 4.21 Å². The first-order chi connectivity index (χ1) is 9.54. The van der Waals surface area contributed by atoms with Crippen molar-refractivity contribution in [2.75, 3.05) is 19.4 Å². The SMILES string of the molecule is COc1ccc(S(=O)CCCCNC(=S)C(C)C)cc1. The average Bonchev–Trinajstić information content (AvgIpc) is 2.46. The van der Waals surface area contributed by atoms with Crippen LogP contribution in [0.25, 0.3) is 0 Å². The molecule has 20 heavy (non-hydrogen) atoms. The molecule has 3 nitrogen and oxygen atoms in total. The Kier molecular flexibility index (Phi) is 7.77. The van der Waals surface area contributed by atoms with E-state index in [-0.39, 0.29) is 0 Å². The minimum atomic E-state index is -0.933. The molecular formula is C15H23NO2S2. The first-order valence-electron chi connectivity index (χ1n) is 6.84. The predicted molar refractivity (Wildman–Crippen MR) is 88.9 cm³/mol. The van der Waals surface area contributed by atoms with Gasteiger partial charge in [0.2, 0.25) is 0 Å². The molecule has 0 aliphatic carbocycles. The van der Waals surface area contributed by atoms with Gasteiger partial charge in [-0.05, 0) is 37.1 Å². The third-order valence-electron chi connectivity index (χ3n) is 2.90. The lowest BCUT2D eigenvalue weighted by Crippen LogP contribution is -2.26. The average molecular weight is 313 g/mol. The number of thiocarbonyl (C=S) groups is 1. The Bertz CT molecular complexity index is 444. The lowest BCUT2D eigenvalue weighted by Gasteiger charge is -2.10. The van der Waals surface area contributed by atoms with Crippen LogP contribution in [-0.4, -0.2) is 28.6 Å². The number of nitrogens with one attached hydrogen (secondary N) is 1. The number of hydrogen-bond acceptors (Lipinski definition) is 3. The third-order valence-corrected chi connectivity index (χ3v) is 4.98. The minimum Gasteiger partial charge on any atom is -0.497 e. The number of ether oxygens (including phenoxy) is 1. The summed E-state index contributed by atoms with van der Waals surface area (Å²) in [5.41, 5.74) is 0. The van der Waals surface area contributed by atoms with E-state index in [0.717, 1.165) is 35.0 Å². The lowest BCUT2D eigenvalue weighted by molar-refractivity contribution is 0.414. The highest BCUT2D eigenvalue weighted by atomic mass is 32.2. The largest absolute Gasteiger partial charge is 0.497 e. The summed E-state index contributed by atoms with van der Waals surface area (Å²) in [6.07, 6.45) is 1.90. The van der Waals surface area contributed by atoms with E-state index < -0.39 is 10.8 Å². The van der Waals surface area contributed by atoms with Gasteiger partial charge in [-0.15, -0.1) is 0 Å². The van der Waals surface area contributed by atoms with Crippen molar-refractivity contribution >= 4 is 28.0 Å². The normalized spacial score (nSPS) is 12.2. The molecule has 0 saturated carbocycles. The minimum absolute atomic E-state index is 0.387. The number of hydrogen-bond donors (Lipinski definition) is 1. The fourth-order valence-electron chi connectivity index (χ4n) is 1.62. The van der Waals surface area contributed by atoms with E-state index in [0.29, 0.717) is 11.7 Å². The summed E-state index contributed by atoms with van der Waals surface area (Å²) in [6, 6.07) is 7.41. The van der Waals surface area contributed by atoms with E-state index in [1.807, 2.05) is 24.3 Å². The summed E-state index contributed by atoms with van der Waals surface area (Å²) in [4.78, 5) is 1.76. The Morgan fingerprint density at radius 2 is 1.95 bits per heavy atom. The Hall–Kier alpha value is -0.940. The van der Waals surface area contributed by atoms with Crippen molar-refractivity contribution in [1.29, 1.82) is 0 Å². The van der Waals surface area contributed by atoms with Crippen LogP contribution in [0.4, 0.5) is 0 Å². The van der Waals surface area contributed by atoms with Crippen LogP contribution in [0, 0.1) is 5.92 Å². The standard InChI is InChI=1S/C15H23NO2S2/c1-12(2)15(19)16-10-4-5-11-20(17)14-8-6-13(18-3)7-9-14/h6-9,12H,4-5,10-11H2,1-3H3,(H,16,19). The van der Waals surface area contributed by atoms with Crippen LogP contribution in [0.15, 0.2) is 29.2 Å². The van der Waals surface area contributed by atoms with Gasteiger partial charge in [0.15, 0.2) is 0 Å². The zero-order chi connectivity index (χ0) is 15.0. The van der Waals surface area contributed by atoms with Crippen LogP contribution in [-0.2, 0) is 10.8 Å². The van der Waals surface area contributed by atoms with Crippen molar-refractivity contribution in [3.05, 3.63) is 24.3 Å². The van der Waals surface area contributed by atoms with Crippen LogP contribution in [0.2, 0.25) is 0 Å². The van der Waals surface area contributed by atoms with Gasteiger partial charge in [0.1, 0.15) is 5.75 Å². The molecule has 0 amide bonds. The van der Waals surface area contributed by atoms with E-state index in [4.69, 9.17) is 17.0 Å². The first-order valence-corrected chi connectivity index (χ1v) is 8.57. The predicted octanol–water partition coefficient (Wildman–Crippen LogP) is 3.16. The fraction of sp³-hybridized carbons (Fsp3) is 0.533. The first kappa shape index (κ1) is 17.1. The fourth-order valence-corrected chi connectivity index (χ4v) is 2.86. The lowest BCUT2D eigenvalue weighted by atomic mass is 10.2. The van der Waals surface area contributed by atoms with Gasteiger partial charge < -0.3 is 10.1 Å². The van der Waals surface area contributed by atoms with Crippen molar-refractivity contribution in [3.8, 4) is 5.75 Å². The van der Waals surface area contributed by atoms with Crippen LogP contribution in [0.1, 0.15) is 26.7 Å². The summed E-state index contributed by atoms with van der Waals surface area (Å²) in [5, 5.41) is 3.23. The molecule has 0 saturated heterocycles. The summed E-state index contributed by atoms with van der Waals surface area (Å²) < 4.78 is 17.2. The molecule has 0 fully saturated rings. The highest BCUT2D eigenvalue weighted by molar-refractivity contribution is 7.85. The van der Waals surface area contributed by atoms with Gasteiger partial charge in [0.25, 0.3) is 0 Å². The van der Waals surface area contributed by atoms with E-state index in [1.54, 1.807) is 7.11 Å². The Morgan fingerprint density at radius 1 is 1.30 bits per heavy atom. The number of methoxy groups -OCH3 is 1. The van der Waals surface area contributed by atoms with Gasteiger partial charge in [-0.2, -0.15) is 0 Å². The van der Waals surface area contributed by atoms with Crippen LogP contribution in [0.3, 0.4) is 0 Å². The molecular weight excluding hydrogens is 290 g/mol. The molecule has 1 aromatic carbocycles. The van der Waals surface area contributed by atoms with Crippen LogP contribution in [0.5, 0.6) is 5.75 Å². The molecule has 0 bridgehead atoms. The van der Waals surface area contributed by atoms with Crippen LogP contribution < -0.4 is 10.1 Å². The molecule has 0 heterocycles. The molecule has 112 valence electrons. The quantitative estimate of drug-likeness (QED) is 0.591. The van der Waals surface area contributed by atoms with Gasteiger partial charge >= 0.3 is 0 Å². The molecule has 5 heteroatoms.